The number of nitrogens with one attached hydrogen (secondary N) is 1. The van der Waals surface area contributed by atoms with Crippen LogP contribution in [0.5, 0.6) is 5.75 Å². The van der Waals surface area contributed by atoms with Gasteiger partial charge in [0.05, 0.1) is 16.4 Å². The third-order valence-electron chi connectivity index (χ3n) is 4.38. The number of ether oxygens (including phenoxy) is 1. The topological polar surface area (TPSA) is 21.3 Å². The van der Waals surface area contributed by atoms with Crippen LogP contribution in [0.1, 0.15) is 38.3 Å². The van der Waals surface area contributed by atoms with E-state index in [4.69, 9.17) is 4.74 Å². The summed E-state index contributed by atoms with van der Waals surface area (Å²) in [4.78, 5) is 0. The smallest absolute Gasteiger partial charge is 0.270 e. The summed E-state index contributed by atoms with van der Waals surface area (Å²) in [5, 5.41) is 3.14. The molecule has 0 heterocycles. The van der Waals surface area contributed by atoms with Crippen molar-refractivity contribution in [1.82, 2.24) is 0 Å². The third-order valence-corrected chi connectivity index (χ3v) is 5.16. The highest BCUT2D eigenvalue weighted by Gasteiger charge is 2.24. The first-order valence-corrected chi connectivity index (χ1v) is 9.30. The Hall–Kier alpha value is -1.88. The molecule has 2 rings (SSSR count). The molecule has 1 N–H and O–H groups in total. The molecule has 0 aliphatic heterocycles. The molecule has 2 aromatic rings. The van der Waals surface area contributed by atoms with E-state index in [9.17, 15) is 8.78 Å². The van der Waals surface area contributed by atoms with Crippen molar-refractivity contribution in [3.05, 3.63) is 57.8 Å². The van der Waals surface area contributed by atoms with Gasteiger partial charge in [-0.1, -0.05) is 31.2 Å². The number of hydrogen-bond donors (Lipinski definition) is 1. The van der Waals surface area contributed by atoms with Crippen molar-refractivity contribution in [1.29, 1.82) is 0 Å². The lowest BCUT2D eigenvalue weighted by Crippen LogP contribution is -2.06. The fourth-order valence-electron chi connectivity index (χ4n) is 2.53. The van der Waals surface area contributed by atoms with Gasteiger partial charge in [0, 0.05) is 25.1 Å². The van der Waals surface area contributed by atoms with Crippen LogP contribution < -0.4 is 10.1 Å². The summed E-state index contributed by atoms with van der Waals surface area (Å²) >= 11 is 3.59. The minimum absolute atomic E-state index is 0.00262. The average Bonchev–Trinajstić information content (AvgIpc) is 2.61. The van der Waals surface area contributed by atoms with Gasteiger partial charge in [0.2, 0.25) is 0 Å². The van der Waals surface area contributed by atoms with Crippen LogP contribution in [0.15, 0.2) is 46.6 Å². The van der Waals surface area contributed by atoms with Crippen molar-refractivity contribution in [2.45, 2.75) is 40.0 Å². The second-order valence-corrected chi connectivity index (χ2v) is 7.18. The molecule has 0 bridgehead atoms. The molecule has 0 saturated carbocycles. The molecule has 0 spiro atoms. The highest BCUT2D eigenvalue weighted by atomic mass is 79.9. The lowest BCUT2D eigenvalue weighted by atomic mass is 9.97. The van der Waals surface area contributed by atoms with Crippen molar-refractivity contribution >= 4 is 21.6 Å². The van der Waals surface area contributed by atoms with Crippen molar-refractivity contribution < 1.29 is 13.5 Å². The van der Waals surface area contributed by atoms with E-state index in [1.807, 2.05) is 27.0 Å². The Labute approximate surface area is 162 Å². The summed E-state index contributed by atoms with van der Waals surface area (Å²) in [6.07, 6.45) is 2.65. The minimum atomic E-state index is -2.85. The van der Waals surface area contributed by atoms with Crippen LogP contribution in [-0.2, 0) is 5.92 Å². The molecule has 0 aliphatic rings. The number of hydrogen-bond acceptors (Lipinski definition) is 2. The normalized spacial score (nSPS) is 12.2. The van der Waals surface area contributed by atoms with E-state index in [2.05, 4.69) is 28.2 Å². The molecule has 2 aromatic carbocycles. The first kappa shape index (κ1) is 20.4. The molecule has 0 atom stereocenters. The van der Waals surface area contributed by atoms with E-state index in [0.29, 0.717) is 5.75 Å². The van der Waals surface area contributed by atoms with E-state index in [1.165, 1.54) is 12.1 Å². The van der Waals surface area contributed by atoms with Gasteiger partial charge in [0.15, 0.2) is 0 Å². The largest absolute Gasteiger partial charge is 0.463 e. The molecule has 140 valence electrons. The lowest BCUT2D eigenvalue weighted by molar-refractivity contribution is 0.0175. The number of allylic oxidation sites excluding steroid dienone is 1. The van der Waals surface area contributed by atoms with Crippen LogP contribution in [0.3, 0.4) is 0 Å². The van der Waals surface area contributed by atoms with Crippen LogP contribution in [-0.4, -0.2) is 7.05 Å². The van der Waals surface area contributed by atoms with Crippen LogP contribution in [0.4, 0.5) is 14.5 Å². The highest BCUT2D eigenvalue weighted by Crippen LogP contribution is 2.42. The SMILES string of the molecule is CC/C(C)=C/Oc1c(C)c(-c2ccc(C(C)(F)F)cc2)cc(NC)c1Br. The number of alkyl halides is 2. The Balaban J connectivity index is 2.55. The number of halogens is 3. The van der Waals surface area contributed by atoms with Gasteiger partial charge in [0.1, 0.15) is 5.75 Å². The standard InChI is InChI=1S/C21H24BrF2NO/c1-6-13(2)12-26-20-14(3)17(11-18(25-5)19(20)22)15-7-9-16(10-8-15)21(4,23)24/h7-12,25H,6H2,1-5H3/b13-12+. The zero-order valence-corrected chi connectivity index (χ0v) is 17.3. The van der Waals surface area contributed by atoms with Gasteiger partial charge in [-0.15, -0.1) is 0 Å². The fourth-order valence-corrected chi connectivity index (χ4v) is 3.24. The van der Waals surface area contributed by atoms with Gasteiger partial charge < -0.3 is 10.1 Å². The quantitative estimate of drug-likeness (QED) is 0.493. The molecule has 0 amide bonds. The third kappa shape index (κ3) is 4.44. The van der Waals surface area contributed by atoms with Crippen molar-refractivity contribution in [2.24, 2.45) is 0 Å². The molecule has 0 unspecified atom stereocenters. The highest BCUT2D eigenvalue weighted by molar-refractivity contribution is 9.10. The second kappa shape index (κ2) is 8.21. The number of benzene rings is 2. The molecule has 26 heavy (non-hydrogen) atoms. The molecule has 2 nitrogen and oxygen atoms in total. The maximum Gasteiger partial charge on any atom is 0.270 e. The summed E-state index contributed by atoms with van der Waals surface area (Å²) in [7, 11) is 1.83. The van der Waals surface area contributed by atoms with Crippen molar-refractivity contribution in [3.8, 4) is 16.9 Å². The van der Waals surface area contributed by atoms with Crippen molar-refractivity contribution in [2.75, 3.05) is 12.4 Å². The number of anilines is 1. The van der Waals surface area contributed by atoms with E-state index in [1.54, 1.807) is 18.4 Å². The summed E-state index contributed by atoms with van der Waals surface area (Å²) in [6.45, 7) is 6.94. The van der Waals surface area contributed by atoms with Gasteiger partial charge in [0.25, 0.3) is 5.92 Å². The van der Waals surface area contributed by atoms with Gasteiger partial charge in [-0.05, 0) is 59.0 Å². The van der Waals surface area contributed by atoms with E-state index < -0.39 is 5.92 Å². The van der Waals surface area contributed by atoms with Gasteiger partial charge >= 0.3 is 0 Å². The van der Waals surface area contributed by atoms with Crippen LogP contribution in [0, 0.1) is 6.92 Å². The minimum Gasteiger partial charge on any atom is -0.463 e. The molecule has 0 saturated heterocycles. The predicted molar refractivity (Wildman–Crippen MR) is 108 cm³/mol. The molecule has 0 radical (unpaired) electrons. The van der Waals surface area contributed by atoms with Gasteiger partial charge in [-0.2, -0.15) is 0 Å². The zero-order chi connectivity index (χ0) is 19.5. The average molecular weight is 424 g/mol. The summed E-state index contributed by atoms with van der Waals surface area (Å²) in [5.41, 5.74) is 4.73. The van der Waals surface area contributed by atoms with E-state index in [0.717, 1.165) is 45.8 Å². The summed E-state index contributed by atoms with van der Waals surface area (Å²) < 4.78 is 33.7. The molecule has 5 heteroatoms. The zero-order valence-electron chi connectivity index (χ0n) is 15.7. The van der Waals surface area contributed by atoms with Gasteiger partial charge in [-0.3, -0.25) is 0 Å². The molecule has 0 fully saturated rings. The monoisotopic (exact) mass is 423 g/mol. The Morgan fingerprint density at radius 1 is 1.27 bits per heavy atom. The second-order valence-electron chi connectivity index (χ2n) is 6.39. The van der Waals surface area contributed by atoms with Gasteiger partial charge in [-0.25, -0.2) is 8.78 Å². The van der Waals surface area contributed by atoms with Crippen LogP contribution >= 0.6 is 15.9 Å². The lowest BCUT2D eigenvalue weighted by Gasteiger charge is -2.18. The molecular formula is C21H24BrF2NO. The first-order valence-electron chi connectivity index (χ1n) is 8.50. The van der Waals surface area contributed by atoms with E-state index >= 15 is 0 Å². The molecule has 0 aromatic heterocycles. The maximum absolute atomic E-state index is 13.5. The Kier molecular flexibility index (Phi) is 6.45. The fraction of sp³-hybridized carbons (Fsp3) is 0.333. The van der Waals surface area contributed by atoms with Crippen LogP contribution in [0.25, 0.3) is 11.1 Å². The van der Waals surface area contributed by atoms with Crippen molar-refractivity contribution in [3.63, 3.8) is 0 Å². The first-order chi connectivity index (χ1) is 12.2. The Morgan fingerprint density at radius 3 is 2.38 bits per heavy atom. The molecular weight excluding hydrogens is 400 g/mol. The summed E-state index contributed by atoms with van der Waals surface area (Å²) in [6, 6.07) is 8.37. The van der Waals surface area contributed by atoms with Crippen LogP contribution in [0.2, 0.25) is 0 Å². The Morgan fingerprint density at radius 2 is 1.88 bits per heavy atom. The predicted octanol–water partition coefficient (Wildman–Crippen LogP) is 7.27. The molecule has 0 aliphatic carbocycles. The summed E-state index contributed by atoms with van der Waals surface area (Å²) in [5.74, 6) is -2.13. The van der Waals surface area contributed by atoms with E-state index in [-0.39, 0.29) is 5.56 Å². The number of rotatable bonds is 6. The Bertz CT molecular complexity index is 808. The maximum atomic E-state index is 13.5.